The Balaban J connectivity index is 1.75. The minimum absolute atomic E-state index is 0.00428. The van der Waals surface area contributed by atoms with Crippen molar-refractivity contribution < 1.29 is 14.5 Å². The molecule has 138 valence electrons. The number of ether oxygens (including phenoxy) is 1. The van der Waals surface area contributed by atoms with Gasteiger partial charge in [-0.1, -0.05) is 24.4 Å². The molecule has 0 bridgehead atoms. The van der Waals surface area contributed by atoms with Gasteiger partial charge in [0.25, 0.3) is 5.91 Å². The molecule has 0 radical (unpaired) electrons. The first kappa shape index (κ1) is 18.2. The van der Waals surface area contributed by atoms with Crippen LogP contribution in [0.2, 0.25) is 5.02 Å². The second kappa shape index (κ2) is 7.74. The lowest BCUT2D eigenvalue weighted by atomic mass is 10.1. The second-order valence-corrected chi connectivity index (χ2v) is 6.67. The quantitative estimate of drug-likeness (QED) is 0.614. The van der Waals surface area contributed by atoms with E-state index in [0.29, 0.717) is 22.2 Å². The molecule has 1 aromatic heterocycles. The Morgan fingerprint density at radius 3 is 2.85 bits per heavy atom. The highest BCUT2D eigenvalue weighted by Gasteiger charge is 2.22. The third-order valence-corrected chi connectivity index (χ3v) is 4.72. The predicted molar refractivity (Wildman–Crippen MR) is 95.4 cm³/mol. The van der Waals surface area contributed by atoms with Crippen LogP contribution in [0.15, 0.2) is 24.4 Å². The van der Waals surface area contributed by atoms with Crippen LogP contribution < -0.4 is 10.1 Å². The van der Waals surface area contributed by atoms with Crippen molar-refractivity contribution >= 4 is 23.3 Å². The summed E-state index contributed by atoms with van der Waals surface area (Å²) in [5.74, 6) is 0.378. The molecule has 2 aromatic rings. The molecule has 1 amide bonds. The predicted octanol–water partition coefficient (Wildman–Crippen LogP) is 3.23. The van der Waals surface area contributed by atoms with Gasteiger partial charge in [-0.2, -0.15) is 0 Å². The zero-order valence-corrected chi connectivity index (χ0v) is 15.0. The smallest absolute Gasteiger partial charge is 0.342 e. The Kier molecular flexibility index (Phi) is 5.41. The van der Waals surface area contributed by atoms with E-state index in [-0.39, 0.29) is 24.4 Å². The maximum Gasteiger partial charge on any atom is 0.342 e. The fourth-order valence-electron chi connectivity index (χ4n) is 3.02. The first-order chi connectivity index (χ1) is 12.5. The molecule has 1 aromatic carbocycles. The summed E-state index contributed by atoms with van der Waals surface area (Å²) in [6, 6.07) is 4.97. The molecule has 1 saturated carbocycles. The average molecular weight is 379 g/mol. The summed E-state index contributed by atoms with van der Waals surface area (Å²) in [5.41, 5.74) is 0.341. The number of halogens is 1. The molecule has 0 unspecified atom stereocenters. The first-order valence-corrected chi connectivity index (χ1v) is 8.71. The highest BCUT2D eigenvalue weighted by molar-refractivity contribution is 6.31. The maximum absolute atomic E-state index is 12.6. The Bertz CT molecular complexity index is 830. The molecular formula is C17H19ClN4O4. The number of hydrogen-bond acceptors (Lipinski definition) is 5. The van der Waals surface area contributed by atoms with Crippen molar-refractivity contribution in [2.45, 2.75) is 38.3 Å². The summed E-state index contributed by atoms with van der Waals surface area (Å²) in [5, 5.41) is 14.3. The fourth-order valence-corrected chi connectivity index (χ4v) is 3.19. The van der Waals surface area contributed by atoms with Gasteiger partial charge in [0.05, 0.1) is 12.6 Å². The van der Waals surface area contributed by atoms with Crippen LogP contribution in [-0.4, -0.2) is 26.4 Å². The summed E-state index contributed by atoms with van der Waals surface area (Å²) in [6.45, 7) is -0.00428. The number of rotatable bonds is 6. The Morgan fingerprint density at radius 1 is 1.46 bits per heavy atom. The van der Waals surface area contributed by atoms with Crippen molar-refractivity contribution in [1.82, 2.24) is 14.9 Å². The van der Waals surface area contributed by atoms with Crippen molar-refractivity contribution in [2.75, 3.05) is 0 Å². The Morgan fingerprint density at radius 2 is 2.19 bits per heavy atom. The summed E-state index contributed by atoms with van der Waals surface area (Å²) in [7, 11) is 1.54. The van der Waals surface area contributed by atoms with Gasteiger partial charge in [-0.25, -0.2) is 9.55 Å². The van der Waals surface area contributed by atoms with Gasteiger partial charge in [0, 0.05) is 11.1 Å². The second-order valence-electron chi connectivity index (χ2n) is 6.23. The topological polar surface area (TPSA) is 99.3 Å². The SMILES string of the molecule is Cn1c([N+](=O)[O-])cnc1COc1ccc(Cl)cc1C(=O)NC1CCCC1. The normalized spacial score (nSPS) is 14.4. The summed E-state index contributed by atoms with van der Waals surface area (Å²) < 4.78 is 7.05. The van der Waals surface area contributed by atoms with E-state index in [1.165, 1.54) is 10.8 Å². The molecule has 8 nitrogen and oxygen atoms in total. The molecule has 0 atom stereocenters. The van der Waals surface area contributed by atoms with Gasteiger partial charge < -0.3 is 20.2 Å². The Labute approximate surface area is 155 Å². The summed E-state index contributed by atoms with van der Waals surface area (Å²) in [6.07, 6.45) is 5.34. The largest absolute Gasteiger partial charge is 0.482 e. The fraction of sp³-hybridized carbons (Fsp3) is 0.412. The molecule has 1 fully saturated rings. The number of nitrogens with one attached hydrogen (secondary N) is 1. The van der Waals surface area contributed by atoms with Gasteiger partial charge in [0.1, 0.15) is 11.9 Å². The molecule has 3 rings (SSSR count). The lowest BCUT2D eigenvalue weighted by Gasteiger charge is -2.15. The number of carbonyl (C=O) groups excluding carboxylic acids is 1. The van der Waals surface area contributed by atoms with Crippen LogP contribution in [0.3, 0.4) is 0 Å². The molecule has 0 aliphatic heterocycles. The number of nitro groups is 1. The number of benzene rings is 1. The van der Waals surface area contributed by atoms with Gasteiger partial charge in [-0.05, 0) is 36.0 Å². The van der Waals surface area contributed by atoms with E-state index in [4.69, 9.17) is 16.3 Å². The zero-order valence-electron chi connectivity index (χ0n) is 14.3. The van der Waals surface area contributed by atoms with E-state index in [2.05, 4.69) is 10.3 Å². The number of aromatic nitrogens is 2. The number of nitrogens with zero attached hydrogens (tertiary/aromatic N) is 3. The van der Waals surface area contributed by atoms with Gasteiger partial charge in [-0.15, -0.1) is 0 Å². The van der Waals surface area contributed by atoms with Gasteiger partial charge in [0.2, 0.25) is 5.82 Å². The zero-order chi connectivity index (χ0) is 18.7. The van der Waals surface area contributed by atoms with E-state index < -0.39 is 4.92 Å². The molecule has 1 aliphatic carbocycles. The highest BCUT2D eigenvalue weighted by atomic mass is 35.5. The van der Waals surface area contributed by atoms with E-state index in [1.54, 1.807) is 25.2 Å². The van der Waals surface area contributed by atoms with Crippen LogP contribution in [0.25, 0.3) is 0 Å². The van der Waals surface area contributed by atoms with E-state index in [0.717, 1.165) is 25.7 Å². The number of amides is 1. The van der Waals surface area contributed by atoms with Crippen molar-refractivity contribution in [1.29, 1.82) is 0 Å². The van der Waals surface area contributed by atoms with Crippen molar-refractivity contribution in [2.24, 2.45) is 7.05 Å². The molecule has 0 spiro atoms. The van der Waals surface area contributed by atoms with Crippen LogP contribution in [0, 0.1) is 10.1 Å². The lowest BCUT2D eigenvalue weighted by Crippen LogP contribution is -2.32. The van der Waals surface area contributed by atoms with Crippen LogP contribution in [-0.2, 0) is 13.7 Å². The molecule has 1 aliphatic rings. The molecule has 26 heavy (non-hydrogen) atoms. The summed E-state index contributed by atoms with van der Waals surface area (Å²) >= 11 is 6.03. The lowest BCUT2D eigenvalue weighted by molar-refractivity contribution is -0.391. The van der Waals surface area contributed by atoms with Crippen molar-refractivity contribution in [3.8, 4) is 5.75 Å². The van der Waals surface area contributed by atoms with Crippen LogP contribution in [0.1, 0.15) is 41.9 Å². The standard InChI is InChI=1S/C17H19ClN4O4/c1-21-15(19-9-16(21)22(24)25)10-26-14-7-6-11(18)8-13(14)17(23)20-12-4-2-3-5-12/h6-9,12H,2-5,10H2,1H3,(H,20,23). The van der Waals surface area contributed by atoms with E-state index >= 15 is 0 Å². The van der Waals surface area contributed by atoms with Crippen LogP contribution in [0.5, 0.6) is 5.75 Å². The number of imidazole rings is 1. The maximum atomic E-state index is 12.6. The molecule has 1 N–H and O–H groups in total. The van der Waals surface area contributed by atoms with Crippen LogP contribution in [0.4, 0.5) is 5.82 Å². The first-order valence-electron chi connectivity index (χ1n) is 8.34. The molecule has 1 heterocycles. The monoisotopic (exact) mass is 378 g/mol. The van der Waals surface area contributed by atoms with Gasteiger partial charge in [-0.3, -0.25) is 4.79 Å². The van der Waals surface area contributed by atoms with Gasteiger partial charge in [0.15, 0.2) is 6.61 Å². The molecule has 9 heteroatoms. The Hall–Kier alpha value is -2.61. The minimum atomic E-state index is -0.515. The average Bonchev–Trinajstić information content (AvgIpc) is 3.23. The number of hydrogen-bond donors (Lipinski definition) is 1. The molecular weight excluding hydrogens is 360 g/mol. The molecule has 0 saturated heterocycles. The van der Waals surface area contributed by atoms with Crippen molar-refractivity contribution in [3.63, 3.8) is 0 Å². The number of carbonyl (C=O) groups is 1. The van der Waals surface area contributed by atoms with Gasteiger partial charge >= 0.3 is 5.82 Å². The highest BCUT2D eigenvalue weighted by Crippen LogP contribution is 2.25. The third-order valence-electron chi connectivity index (χ3n) is 4.48. The summed E-state index contributed by atoms with van der Waals surface area (Å²) in [4.78, 5) is 27.0. The minimum Gasteiger partial charge on any atom is -0.482 e. The van der Waals surface area contributed by atoms with E-state index in [1.807, 2.05) is 0 Å². The van der Waals surface area contributed by atoms with Crippen molar-refractivity contribution in [3.05, 3.63) is 50.9 Å². The third kappa shape index (κ3) is 3.96. The van der Waals surface area contributed by atoms with E-state index in [9.17, 15) is 14.9 Å². The van der Waals surface area contributed by atoms with Crippen LogP contribution >= 0.6 is 11.6 Å².